The van der Waals surface area contributed by atoms with Gasteiger partial charge in [-0.1, -0.05) is 24.3 Å². The van der Waals surface area contributed by atoms with Crippen LogP contribution in [0.15, 0.2) is 48.5 Å². The number of hydrogen-bond acceptors (Lipinski definition) is 4. The van der Waals surface area contributed by atoms with E-state index in [0.29, 0.717) is 12.3 Å². The summed E-state index contributed by atoms with van der Waals surface area (Å²) >= 11 is 0. The van der Waals surface area contributed by atoms with Gasteiger partial charge in [0.25, 0.3) is 0 Å². The molecule has 0 atom stereocenters. The van der Waals surface area contributed by atoms with E-state index in [9.17, 15) is 0 Å². The second-order valence-electron chi connectivity index (χ2n) is 4.30. The third kappa shape index (κ3) is 4.01. The Morgan fingerprint density at radius 3 is 2.60 bits per heavy atom. The lowest BCUT2D eigenvalue weighted by Crippen LogP contribution is -2.00. The zero-order valence-electron chi connectivity index (χ0n) is 11.0. The van der Waals surface area contributed by atoms with Gasteiger partial charge in [-0.15, -0.1) is 0 Å². The minimum Gasteiger partial charge on any atom is -0.479 e. The Bertz CT molecular complexity index is 588. The lowest BCUT2D eigenvalue weighted by molar-refractivity contribution is 0.282. The molecule has 2 rings (SSSR count). The fraction of sp³-hybridized carbons (Fsp3) is 0.188. The maximum atomic E-state index is 8.98. The molecule has 0 aliphatic heterocycles. The number of hydrogen-bond donors (Lipinski definition) is 2. The van der Waals surface area contributed by atoms with Gasteiger partial charge in [-0.25, -0.2) is 0 Å². The summed E-state index contributed by atoms with van der Waals surface area (Å²) in [5.41, 5.74) is 2.96. The number of anilines is 1. The predicted molar refractivity (Wildman–Crippen MR) is 77.2 cm³/mol. The predicted octanol–water partition coefficient (Wildman–Crippen LogP) is 2.69. The first-order valence-corrected chi connectivity index (χ1v) is 6.34. The number of nitrogens with zero attached hydrogens (tertiary/aromatic N) is 1. The van der Waals surface area contributed by atoms with Crippen molar-refractivity contribution >= 4 is 5.69 Å². The van der Waals surface area contributed by atoms with Crippen molar-refractivity contribution < 1.29 is 9.84 Å². The van der Waals surface area contributed by atoms with Crippen LogP contribution < -0.4 is 10.1 Å². The molecule has 2 aromatic carbocycles. The highest BCUT2D eigenvalue weighted by atomic mass is 16.5. The summed E-state index contributed by atoms with van der Waals surface area (Å²) < 4.78 is 5.26. The largest absolute Gasteiger partial charge is 0.479 e. The monoisotopic (exact) mass is 268 g/mol. The summed E-state index contributed by atoms with van der Waals surface area (Å²) in [5.74, 6) is 0.696. The van der Waals surface area contributed by atoms with Gasteiger partial charge in [0.05, 0.1) is 6.61 Å². The number of ether oxygens (including phenoxy) is 1. The molecule has 0 aromatic heterocycles. The lowest BCUT2D eigenvalue weighted by Gasteiger charge is -2.08. The van der Waals surface area contributed by atoms with E-state index in [-0.39, 0.29) is 13.2 Å². The molecule has 0 saturated carbocycles. The van der Waals surface area contributed by atoms with Crippen molar-refractivity contribution in [1.82, 2.24) is 0 Å². The quantitative estimate of drug-likeness (QED) is 0.845. The molecule has 0 fully saturated rings. The van der Waals surface area contributed by atoms with Crippen molar-refractivity contribution in [3.63, 3.8) is 0 Å². The molecular formula is C16H16N2O2. The Morgan fingerprint density at radius 1 is 1.10 bits per heavy atom. The van der Waals surface area contributed by atoms with Crippen molar-refractivity contribution in [1.29, 1.82) is 5.26 Å². The molecule has 0 unspecified atom stereocenters. The summed E-state index contributed by atoms with van der Waals surface area (Å²) in [6.45, 7) is 0.778. The summed E-state index contributed by atoms with van der Waals surface area (Å²) in [6, 6.07) is 17.2. The Balaban J connectivity index is 1.94. The Labute approximate surface area is 118 Å². The molecule has 0 bridgehead atoms. The van der Waals surface area contributed by atoms with Crippen molar-refractivity contribution in [3.8, 4) is 11.8 Å². The molecule has 4 heteroatoms. The van der Waals surface area contributed by atoms with E-state index in [1.54, 1.807) is 0 Å². The van der Waals surface area contributed by atoms with Gasteiger partial charge in [-0.3, -0.25) is 0 Å². The minimum atomic E-state index is 0.0541. The molecule has 0 radical (unpaired) electrons. The number of aliphatic hydroxyl groups excluding tert-OH is 1. The summed E-state index contributed by atoms with van der Waals surface area (Å²) in [4.78, 5) is 0. The van der Waals surface area contributed by atoms with Gasteiger partial charge >= 0.3 is 0 Å². The Hall–Kier alpha value is -2.51. The van der Waals surface area contributed by atoms with E-state index in [1.165, 1.54) is 0 Å². The number of nitrogens with one attached hydrogen (secondary N) is 1. The molecule has 4 nitrogen and oxygen atoms in total. The normalized spacial score (nSPS) is 9.80. The third-order valence-corrected chi connectivity index (χ3v) is 2.83. The van der Waals surface area contributed by atoms with Crippen LogP contribution >= 0.6 is 0 Å². The molecule has 0 amide bonds. The maximum Gasteiger partial charge on any atom is 0.174 e. The van der Waals surface area contributed by atoms with Crippen LogP contribution in [0.5, 0.6) is 5.75 Å². The van der Waals surface area contributed by atoms with Crippen LogP contribution in [0, 0.1) is 11.3 Å². The van der Waals surface area contributed by atoms with Crippen LogP contribution in [0.1, 0.15) is 11.1 Å². The average Bonchev–Trinajstić information content (AvgIpc) is 2.52. The van der Waals surface area contributed by atoms with Gasteiger partial charge in [-0.2, -0.15) is 5.26 Å². The van der Waals surface area contributed by atoms with Gasteiger partial charge in [0.1, 0.15) is 11.8 Å². The first-order valence-electron chi connectivity index (χ1n) is 6.34. The number of nitriles is 1. The molecular weight excluding hydrogens is 252 g/mol. The zero-order valence-corrected chi connectivity index (χ0v) is 11.0. The molecule has 20 heavy (non-hydrogen) atoms. The second kappa shape index (κ2) is 7.17. The van der Waals surface area contributed by atoms with E-state index in [2.05, 4.69) is 5.32 Å². The highest BCUT2D eigenvalue weighted by molar-refractivity contribution is 5.45. The first-order chi connectivity index (χ1) is 9.81. The smallest absolute Gasteiger partial charge is 0.174 e. The van der Waals surface area contributed by atoms with E-state index < -0.39 is 0 Å². The van der Waals surface area contributed by atoms with Gasteiger partial charge in [0.15, 0.2) is 6.61 Å². The number of rotatable bonds is 6. The summed E-state index contributed by atoms with van der Waals surface area (Å²) in [5, 5.41) is 20.8. The highest BCUT2D eigenvalue weighted by Gasteiger charge is 1.98. The molecule has 0 heterocycles. The van der Waals surface area contributed by atoms with Crippen molar-refractivity contribution in [2.24, 2.45) is 0 Å². The van der Waals surface area contributed by atoms with Crippen molar-refractivity contribution in [3.05, 3.63) is 59.7 Å². The van der Waals surface area contributed by atoms with Gasteiger partial charge in [0, 0.05) is 12.2 Å². The molecule has 2 N–H and O–H groups in total. The van der Waals surface area contributed by atoms with Gasteiger partial charge in [-0.05, 0) is 35.4 Å². The fourth-order valence-electron chi connectivity index (χ4n) is 1.79. The van der Waals surface area contributed by atoms with Crippen LogP contribution in [0.25, 0.3) is 0 Å². The molecule has 0 aliphatic rings. The second-order valence-corrected chi connectivity index (χ2v) is 4.30. The van der Waals surface area contributed by atoms with Crippen LogP contribution in [-0.2, 0) is 13.2 Å². The minimum absolute atomic E-state index is 0.0541. The first kappa shape index (κ1) is 13.9. The molecule has 102 valence electrons. The van der Waals surface area contributed by atoms with Crippen molar-refractivity contribution in [2.75, 3.05) is 11.9 Å². The number of benzene rings is 2. The van der Waals surface area contributed by atoms with E-state index in [4.69, 9.17) is 15.1 Å². The molecule has 0 spiro atoms. The Kier molecular flexibility index (Phi) is 4.99. The Morgan fingerprint density at radius 2 is 1.90 bits per heavy atom. The van der Waals surface area contributed by atoms with Crippen LogP contribution in [0.3, 0.4) is 0 Å². The van der Waals surface area contributed by atoms with Crippen LogP contribution in [-0.4, -0.2) is 11.7 Å². The fourth-order valence-corrected chi connectivity index (χ4v) is 1.79. The standard InChI is InChI=1S/C16H16N2O2/c17-8-9-20-16-3-1-2-14(10-16)11-18-15-6-4-13(12-19)5-7-15/h1-7,10,18-19H,9,11-12H2. The van der Waals surface area contributed by atoms with Gasteiger partial charge < -0.3 is 15.2 Å². The van der Waals surface area contributed by atoms with Crippen LogP contribution in [0.2, 0.25) is 0 Å². The SMILES string of the molecule is N#CCOc1cccc(CNc2ccc(CO)cc2)c1. The summed E-state index contributed by atoms with van der Waals surface area (Å²) in [6.07, 6.45) is 0. The van der Waals surface area contributed by atoms with E-state index in [0.717, 1.165) is 16.8 Å². The molecule has 0 aliphatic carbocycles. The zero-order chi connectivity index (χ0) is 14.2. The van der Waals surface area contributed by atoms with Crippen molar-refractivity contribution in [2.45, 2.75) is 13.2 Å². The van der Waals surface area contributed by atoms with E-state index >= 15 is 0 Å². The molecule has 0 saturated heterocycles. The number of aliphatic hydroxyl groups is 1. The average molecular weight is 268 g/mol. The van der Waals surface area contributed by atoms with Crippen LogP contribution in [0.4, 0.5) is 5.69 Å². The maximum absolute atomic E-state index is 8.98. The third-order valence-electron chi connectivity index (χ3n) is 2.83. The summed E-state index contributed by atoms with van der Waals surface area (Å²) in [7, 11) is 0. The van der Waals surface area contributed by atoms with E-state index in [1.807, 2.05) is 54.6 Å². The lowest BCUT2D eigenvalue weighted by atomic mass is 10.2. The topological polar surface area (TPSA) is 65.3 Å². The molecule has 2 aromatic rings. The van der Waals surface area contributed by atoms with Gasteiger partial charge in [0.2, 0.25) is 0 Å². The highest BCUT2D eigenvalue weighted by Crippen LogP contribution is 2.15.